The quantitative estimate of drug-likeness (QED) is 0.648. The van der Waals surface area contributed by atoms with E-state index in [9.17, 15) is 4.39 Å². The fourth-order valence-electron chi connectivity index (χ4n) is 0.870. The summed E-state index contributed by atoms with van der Waals surface area (Å²) in [5, 5.41) is 18.1. The molecule has 2 N–H and O–H groups in total. The Kier molecular flexibility index (Phi) is 2.10. The zero-order valence-electron chi connectivity index (χ0n) is 6.08. The van der Waals surface area contributed by atoms with Gasteiger partial charge in [-0.3, -0.25) is 0 Å². The molecule has 0 bridgehead atoms. The van der Waals surface area contributed by atoms with Crippen LogP contribution in [0.25, 0.3) is 0 Å². The average Bonchev–Trinajstić information content (AvgIpc) is 1.85. The molecule has 1 rings (SSSR count). The van der Waals surface area contributed by atoms with Gasteiger partial charge in [-0.25, -0.2) is 4.39 Å². The van der Waals surface area contributed by atoms with Gasteiger partial charge in [0, 0.05) is 11.6 Å². The highest BCUT2D eigenvalue weighted by molar-refractivity contribution is 5.33. The van der Waals surface area contributed by atoms with Crippen molar-refractivity contribution in [1.82, 2.24) is 0 Å². The first-order valence-corrected chi connectivity index (χ1v) is 3.27. The van der Waals surface area contributed by atoms with E-state index in [0.717, 1.165) is 6.07 Å². The minimum absolute atomic E-state index is 0.208. The van der Waals surface area contributed by atoms with Crippen molar-refractivity contribution in [3.05, 3.63) is 29.6 Å². The summed E-state index contributed by atoms with van der Waals surface area (Å²) in [6, 6.07) is 3.53. The van der Waals surface area contributed by atoms with Gasteiger partial charge in [0.25, 0.3) is 0 Å². The standard InChI is InChI=1S/C8H9FO2/c1-5(10)7-3-2-6(9)4-8(7)11/h2-5,10-11H,1H3. The van der Waals surface area contributed by atoms with E-state index in [-0.39, 0.29) is 5.75 Å². The van der Waals surface area contributed by atoms with Gasteiger partial charge in [-0.2, -0.15) is 0 Å². The van der Waals surface area contributed by atoms with Gasteiger partial charge < -0.3 is 10.2 Å². The normalized spacial score (nSPS) is 13.0. The molecular weight excluding hydrogens is 147 g/mol. The first-order valence-electron chi connectivity index (χ1n) is 3.27. The molecule has 0 aromatic heterocycles. The van der Waals surface area contributed by atoms with Crippen LogP contribution in [-0.2, 0) is 0 Å². The molecule has 0 spiro atoms. The van der Waals surface area contributed by atoms with Crippen molar-refractivity contribution in [2.75, 3.05) is 0 Å². The lowest BCUT2D eigenvalue weighted by Gasteiger charge is -2.05. The third-order valence-electron chi connectivity index (χ3n) is 1.44. The van der Waals surface area contributed by atoms with Gasteiger partial charge in [0.1, 0.15) is 11.6 Å². The van der Waals surface area contributed by atoms with E-state index in [1.807, 2.05) is 0 Å². The van der Waals surface area contributed by atoms with Crippen molar-refractivity contribution in [2.45, 2.75) is 13.0 Å². The van der Waals surface area contributed by atoms with Crippen molar-refractivity contribution < 1.29 is 14.6 Å². The zero-order valence-corrected chi connectivity index (χ0v) is 6.08. The third kappa shape index (κ3) is 1.68. The molecule has 11 heavy (non-hydrogen) atoms. The van der Waals surface area contributed by atoms with Crippen molar-refractivity contribution in [1.29, 1.82) is 0 Å². The fraction of sp³-hybridized carbons (Fsp3) is 0.250. The molecule has 3 heteroatoms. The predicted molar refractivity (Wildman–Crippen MR) is 38.7 cm³/mol. The molecule has 0 amide bonds. The molecule has 1 aromatic rings. The molecule has 0 heterocycles. The number of phenols is 1. The third-order valence-corrected chi connectivity index (χ3v) is 1.44. The highest BCUT2D eigenvalue weighted by atomic mass is 19.1. The van der Waals surface area contributed by atoms with Crippen LogP contribution in [0.4, 0.5) is 4.39 Å². The Labute approximate surface area is 63.9 Å². The molecule has 1 unspecified atom stereocenters. The number of halogens is 1. The highest BCUT2D eigenvalue weighted by Gasteiger charge is 2.06. The van der Waals surface area contributed by atoms with Crippen molar-refractivity contribution >= 4 is 0 Å². The topological polar surface area (TPSA) is 40.5 Å². The van der Waals surface area contributed by atoms with Gasteiger partial charge in [-0.05, 0) is 19.1 Å². The van der Waals surface area contributed by atoms with Crippen LogP contribution in [-0.4, -0.2) is 10.2 Å². The molecule has 2 nitrogen and oxygen atoms in total. The number of hydrogen-bond donors (Lipinski definition) is 2. The van der Waals surface area contributed by atoms with E-state index in [1.54, 1.807) is 0 Å². The summed E-state index contributed by atoms with van der Waals surface area (Å²) in [6.07, 6.45) is -0.768. The van der Waals surface area contributed by atoms with Gasteiger partial charge >= 0.3 is 0 Å². The van der Waals surface area contributed by atoms with E-state index < -0.39 is 11.9 Å². The van der Waals surface area contributed by atoms with Gasteiger partial charge in [0.15, 0.2) is 0 Å². The summed E-state index contributed by atoms with van der Waals surface area (Å²) in [5.41, 5.74) is 0.339. The predicted octanol–water partition coefficient (Wildman–Crippen LogP) is 1.58. The molecule has 0 radical (unpaired) electrons. The first kappa shape index (κ1) is 8.01. The number of aliphatic hydroxyl groups is 1. The Morgan fingerprint density at radius 3 is 2.55 bits per heavy atom. The van der Waals surface area contributed by atoms with Gasteiger partial charge in [0.2, 0.25) is 0 Å². The lowest BCUT2D eigenvalue weighted by molar-refractivity contribution is 0.195. The monoisotopic (exact) mass is 156 g/mol. The largest absolute Gasteiger partial charge is 0.507 e. The number of aliphatic hydroxyl groups excluding tert-OH is 1. The Morgan fingerprint density at radius 2 is 2.09 bits per heavy atom. The van der Waals surface area contributed by atoms with Crippen molar-refractivity contribution in [3.63, 3.8) is 0 Å². The Bertz CT molecular complexity index is 258. The van der Waals surface area contributed by atoms with Crippen molar-refractivity contribution in [2.24, 2.45) is 0 Å². The van der Waals surface area contributed by atoms with Crippen LogP contribution in [0, 0.1) is 5.82 Å². The summed E-state index contributed by atoms with van der Waals surface area (Å²) >= 11 is 0. The van der Waals surface area contributed by atoms with E-state index in [2.05, 4.69) is 0 Å². The first-order chi connectivity index (χ1) is 5.11. The molecule has 0 fully saturated rings. The summed E-state index contributed by atoms with van der Waals surface area (Å²) in [5.74, 6) is -0.716. The lowest BCUT2D eigenvalue weighted by atomic mass is 10.1. The Hall–Kier alpha value is -1.09. The van der Waals surface area contributed by atoms with Crippen LogP contribution in [0.3, 0.4) is 0 Å². The lowest BCUT2D eigenvalue weighted by Crippen LogP contribution is -1.91. The van der Waals surface area contributed by atoms with Crippen LogP contribution in [0.5, 0.6) is 5.75 Å². The maximum absolute atomic E-state index is 12.4. The van der Waals surface area contributed by atoms with Gasteiger partial charge in [-0.1, -0.05) is 0 Å². The van der Waals surface area contributed by atoms with Crippen LogP contribution < -0.4 is 0 Å². The summed E-state index contributed by atoms with van der Waals surface area (Å²) in [7, 11) is 0. The van der Waals surface area contributed by atoms with Crippen LogP contribution in [0.2, 0.25) is 0 Å². The second-order valence-electron chi connectivity index (χ2n) is 2.38. The number of benzene rings is 1. The van der Waals surface area contributed by atoms with E-state index in [0.29, 0.717) is 5.56 Å². The van der Waals surface area contributed by atoms with Crippen LogP contribution in [0.1, 0.15) is 18.6 Å². The minimum Gasteiger partial charge on any atom is -0.507 e. The van der Waals surface area contributed by atoms with E-state index in [1.165, 1.54) is 19.1 Å². The molecule has 0 saturated carbocycles. The maximum Gasteiger partial charge on any atom is 0.126 e. The van der Waals surface area contributed by atoms with Crippen LogP contribution in [0.15, 0.2) is 18.2 Å². The average molecular weight is 156 g/mol. The Balaban J connectivity index is 3.09. The number of rotatable bonds is 1. The van der Waals surface area contributed by atoms with Crippen molar-refractivity contribution in [3.8, 4) is 5.75 Å². The number of aromatic hydroxyl groups is 1. The number of hydrogen-bond acceptors (Lipinski definition) is 2. The fourth-order valence-corrected chi connectivity index (χ4v) is 0.870. The zero-order chi connectivity index (χ0) is 8.43. The highest BCUT2D eigenvalue weighted by Crippen LogP contribution is 2.23. The summed E-state index contributed by atoms with van der Waals surface area (Å²) in [4.78, 5) is 0. The number of phenolic OH excluding ortho intramolecular Hbond substituents is 1. The van der Waals surface area contributed by atoms with E-state index in [4.69, 9.17) is 10.2 Å². The molecule has 0 aliphatic carbocycles. The molecular formula is C8H9FO2. The molecule has 0 saturated heterocycles. The molecule has 0 aliphatic rings. The van der Waals surface area contributed by atoms with E-state index >= 15 is 0 Å². The molecule has 1 aromatic carbocycles. The smallest absolute Gasteiger partial charge is 0.126 e. The molecule has 1 atom stereocenters. The minimum atomic E-state index is -0.768. The van der Waals surface area contributed by atoms with Crippen LogP contribution >= 0.6 is 0 Å². The second kappa shape index (κ2) is 2.88. The Morgan fingerprint density at radius 1 is 1.45 bits per heavy atom. The molecule has 0 aliphatic heterocycles. The summed E-state index contributed by atoms with van der Waals surface area (Å²) in [6.45, 7) is 1.51. The van der Waals surface area contributed by atoms with Gasteiger partial charge in [0.05, 0.1) is 6.10 Å². The maximum atomic E-state index is 12.4. The summed E-state index contributed by atoms with van der Waals surface area (Å²) < 4.78 is 12.4. The molecule has 60 valence electrons. The second-order valence-corrected chi connectivity index (χ2v) is 2.38. The SMILES string of the molecule is CC(O)c1ccc(F)cc1O. The van der Waals surface area contributed by atoms with Gasteiger partial charge in [-0.15, -0.1) is 0 Å².